The van der Waals surface area contributed by atoms with Gasteiger partial charge in [0.1, 0.15) is 18.9 Å². The molecule has 1 rings (SSSR count). The van der Waals surface area contributed by atoms with Gasteiger partial charge in [0.25, 0.3) is 0 Å². The largest absolute Gasteiger partial charge is 0.480 e. The van der Waals surface area contributed by atoms with Crippen LogP contribution < -0.4 is 20.7 Å². The Morgan fingerprint density at radius 3 is 2.34 bits per heavy atom. The number of ether oxygens (including phenoxy) is 2. The van der Waals surface area contributed by atoms with Crippen molar-refractivity contribution in [3.63, 3.8) is 0 Å². The lowest BCUT2D eigenvalue weighted by molar-refractivity contribution is -0.142. The number of carbonyl (C=O) groups excluding carboxylic acids is 5. The second-order valence-electron chi connectivity index (χ2n) is 9.36. The number of sulfonamides is 1. The zero-order valence-corrected chi connectivity index (χ0v) is 25.2. The molecule has 0 aliphatic heterocycles. The van der Waals surface area contributed by atoms with Gasteiger partial charge < -0.3 is 35.3 Å². The van der Waals surface area contributed by atoms with Gasteiger partial charge in [0, 0.05) is 32.2 Å². The second-order valence-corrected chi connectivity index (χ2v) is 11.2. The number of aromatic nitrogens is 4. The molecule has 1 aromatic rings. The molecule has 0 fully saturated rings. The summed E-state index contributed by atoms with van der Waals surface area (Å²) in [5, 5.41) is 29.4. The van der Waals surface area contributed by atoms with Crippen LogP contribution in [0.25, 0.3) is 0 Å². The number of aliphatic carboxylic acids is 1. The average molecular weight is 649 g/mol. The number of H-pyrrole nitrogens is 1. The van der Waals surface area contributed by atoms with Crippen LogP contribution >= 0.6 is 0 Å². The number of aryl methyl sites for hydroxylation is 1. The van der Waals surface area contributed by atoms with Crippen molar-refractivity contribution in [2.45, 2.75) is 70.4 Å². The number of hydrogen-bond acceptors (Lipinski definition) is 13. The summed E-state index contributed by atoms with van der Waals surface area (Å²) in [4.78, 5) is 69.6. The maximum atomic E-state index is 12.0. The molecule has 6 N–H and O–H groups in total. The van der Waals surface area contributed by atoms with Crippen molar-refractivity contribution in [1.82, 2.24) is 41.3 Å². The van der Waals surface area contributed by atoms with E-state index < -0.39 is 57.5 Å². The Balaban J connectivity index is 2.06. The Hall–Kier alpha value is -4.04. The fourth-order valence-electron chi connectivity index (χ4n) is 3.44. The monoisotopic (exact) mass is 648 g/mol. The summed E-state index contributed by atoms with van der Waals surface area (Å²) >= 11 is 0. The number of carbonyl (C=O) groups is 6. The first-order valence-corrected chi connectivity index (χ1v) is 15.6. The van der Waals surface area contributed by atoms with E-state index in [0.29, 0.717) is 25.0 Å². The van der Waals surface area contributed by atoms with Crippen molar-refractivity contribution >= 4 is 45.9 Å². The Morgan fingerprint density at radius 2 is 1.68 bits per heavy atom. The van der Waals surface area contributed by atoms with Gasteiger partial charge in [-0.15, -0.1) is 10.2 Å². The minimum Gasteiger partial charge on any atom is -0.480 e. The number of hydrogen-bond donors (Lipinski definition) is 6. The number of carboxylic acids is 1. The molecule has 0 bridgehead atoms. The summed E-state index contributed by atoms with van der Waals surface area (Å²) in [6.45, 7) is 1.68. The zero-order chi connectivity index (χ0) is 32.8. The van der Waals surface area contributed by atoms with E-state index in [1.807, 2.05) is 4.72 Å². The van der Waals surface area contributed by atoms with E-state index in [2.05, 4.69) is 36.6 Å². The maximum Gasteiger partial charge on any atom is 0.326 e. The molecule has 44 heavy (non-hydrogen) atoms. The van der Waals surface area contributed by atoms with E-state index in [4.69, 9.17) is 14.6 Å². The number of nitrogens with zero attached hydrogens (tertiary/aromatic N) is 3. The highest BCUT2D eigenvalue weighted by molar-refractivity contribution is 7.90. The highest BCUT2D eigenvalue weighted by Gasteiger charge is 2.19. The Bertz CT molecular complexity index is 1160. The smallest absolute Gasteiger partial charge is 0.326 e. The van der Waals surface area contributed by atoms with Crippen LogP contribution in [0, 0.1) is 0 Å². The van der Waals surface area contributed by atoms with Crippen LogP contribution in [0.1, 0.15) is 57.7 Å². The molecule has 1 aromatic heterocycles. The molecule has 20 heteroatoms. The zero-order valence-electron chi connectivity index (χ0n) is 24.4. The first-order valence-electron chi connectivity index (χ1n) is 13.9. The summed E-state index contributed by atoms with van der Waals surface area (Å²) in [7, 11) is -3.88. The standard InChI is InChI=1S/C24H40N8O11S/c1-2-18(24(38)39)27-21(35)9-8-17(15-33)26-23(37)16-43-13-12-42-11-10-25-20(34)7-4-14-44(40,41)30-22(36)6-3-5-19-28-31-32-29-19/h15,17-18H,2-14,16H2,1H3,(H,25,34)(H,26,37)(H,27,35)(H,30,36)(H,38,39)(H,28,29,31,32)/t17-,18?/m0/s1. The van der Waals surface area contributed by atoms with Gasteiger partial charge in [0.15, 0.2) is 5.82 Å². The van der Waals surface area contributed by atoms with Gasteiger partial charge in [0.05, 0.1) is 31.6 Å². The minimum absolute atomic E-state index is 0.0102. The quantitative estimate of drug-likeness (QED) is 0.0466. The van der Waals surface area contributed by atoms with Crippen LogP contribution in [0.4, 0.5) is 0 Å². The van der Waals surface area contributed by atoms with Crippen molar-refractivity contribution in [1.29, 1.82) is 0 Å². The van der Waals surface area contributed by atoms with Crippen LogP contribution in [0.2, 0.25) is 0 Å². The van der Waals surface area contributed by atoms with Gasteiger partial charge in [-0.05, 0) is 25.7 Å². The van der Waals surface area contributed by atoms with Gasteiger partial charge in [-0.3, -0.25) is 23.9 Å². The fraction of sp³-hybridized carbons (Fsp3) is 0.708. The van der Waals surface area contributed by atoms with Crippen molar-refractivity contribution in [3.8, 4) is 0 Å². The third-order valence-electron chi connectivity index (χ3n) is 5.69. The van der Waals surface area contributed by atoms with Crippen molar-refractivity contribution in [2.75, 3.05) is 38.7 Å². The average Bonchev–Trinajstić information content (AvgIpc) is 3.48. The summed E-state index contributed by atoms with van der Waals surface area (Å²) in [6.07, 6.45) is 1.12. The lowest BCUT2D eigenvalue weighted by Gasteiger charge is -2.15. The number of aromatic amines is 1. The third kappa shape index (κ3) is 18.5. The van der Waals surface area contributed by atoms with E-state index in [9.17, 15) is 37.2 Å². The summed E-state index contributed by atoms with van der Waals surface area (Å²) in [5.41, 5.74) is 0. The molecule has 0 radical (unpaired) electrons. The van der Waals surface area contributed by atoms with Gasteiger partial charge in [-0.25, -0.2) is 13.2 Å². The summed E-state index contributed by atoms with van der Waals surface area (Å²) in [6, 6.07) is -1.97. The summed E-state index contributed by atoms with van der Waals surface area (Å²) < 4.78 is 36.4. The molecular formula is C24H40N8O11S. The van der Waals surface area contributed by atoms with Gasteiger partial charge in [-0.2, -0.15) is 5.21 Å². The van der Waals surface area contributed by atoms with Crippen molar-refractivity contribution in [2.24, 2.45) is 0 Å². The summed E-state index contributed by atoms with van der Waals surface area (Å²) in [5.74, 6) is -3.33. The highest BCUT2D eigenvalue weighted by Crippen LogP contribution is 2.01. The molecule has 1 heterocycles. The van der Waals surface area contributed by atoms with E-state index in [1.165, 1.54) is 0 Å². The van der Waals surface area contributed by atoms with Crippen LogP contribution in [-0.2, 0) is 54.7 Å². The molecule has 0 saturated heterocycles. The minimum atomic E-state index is -3.88. The molecular weight excluding hydrogens is 608 g/mol. The lowest BCUT2D eigenvalue weighted by atomic mass is 10.1. The van der Waals surface area contributed by atoms with Crippen LogP contribution in [0.5, 0.6) is 0 Å². The van der Waals surface area contributed by atoms with Crippen LogP contribution in [0.15, 0.2) is 0 Å². The van der Waals surface area contributed by atoms with E-state index in [0.717, 1.165) is 0 Å². The third-order valence-corrected chi connectivity index (χ3v) is 7.05. The molecule has 248 valence electrons. The number of carboxylic acid groups (broad SMARTS) is 1. The molecule has 4 amide bonds. The normalized spacial score (nSPS) is 12.5. The van der Waals surface area contributed by atoms with Gasteiger partial charge in [0.2, 0.25) is 33.7 Å². The van der Waals surface area contributed by atoms with Gasteiger partial charge >= 0.3 is 5.97 Å². The number of amides is 4. The Labute approximate surface area is 254 Å². The number of aldehydes is 1. The van der Waals surface area contributed by atoms with Crippen molar-refractivity contribution < 1.29 is 51.8 Å². The molecule has 0 aliphatic carbocycles. The van der Waals surface area contributed by atoms with E-state index in [-0.39, 0.29) is 71.5 Å². The Kier molecular flexibility index (Phi) is 18.7. The van der Waals surface area contributed by atoms with Crippen LogP contribution in [0.3, 0.4) is 0 Å². The molecule has 1 unspecified atom stereocenters. The molecule has 19 nitrogen and oxygen atoms in total. The first-order chi connectivity index (χ1) is 21.0. The molecule has 0 aliphatic rings. The predicted molar refractivity (Wildman–Crippen MR) is 150 cm³/mol. The number of nitrogens with one attached hydrogen (secondary N) is 5. The van der Waals surface area contributed by atoms with E-state index in [1.54, 1.807) is 6.92 Å². The number of rotatable bonds is 25. The molecule has 0 spiro atoms. The van der Waals surface area contributed by atoms with Crippen LogP contribution in [-0.4, -0.2) is 121 Å². The topological polar surface area (TPSA) is 278 Å². The molecule has 2 atom stereocenters. The Morgan fingerprint density at radius 1 is 0.955 bits per heavy atom. The lowest BCUT2D eigenvalue weighted by Crippen LogP contribution is -2.42. The highest BCUT2D eigenvalue weighted by atomic mass is 32.2. The SMILES string of the molecule is CCC(NC(=O)CC[C@@H](C=O)NC(=O)COCCOCCNC(=O)CCCS(=O)(=O)NC(=O)CCCc1nn[nH]n1)C(=O)O. The number of tetrazole rings is 1. The van der Waals surface area contributed by atoms with E-state index >= 15 is 0 Å². The fourth-order valence-corrected chi connectivity index (χ4v) is 4.52. The molecule has 0 aromatic carbocycles. The van der Waals surface area contributed by atoms with Gasteiger partial charge in [-0.1, -0.05) is 12.1 Å². The maximum absolute atomic E-state index is 12.0. The van der Waals surface area contributed by atoms with Crippen molar-refractivity contribution in [3.05, 3.63) is 5.82 Å². The first kappa shape index (κ1) is 38.0. The second kappa shape index (κ2) is 21.6. The predicted octanol–water partition coefficient (Wildman–Crippen LogP) is -2.66. The molecule has 0 saturated carbocycles.